The Kier molecular flexibility index (Phi) is 2.71. The summed E-state index contributed by atoms with van der Waals surface area (Å²) < 4.78 is 1.96. The van der Waals surface area contributed by atoms with E-state index in [1.165, 1.54) is 12.0 Å². The van der Waals surface area contributed by atoms with Crippen LogP contribution in [0, 0.1) is 0 Å². The van der Waals surface area contributed by atoms with Gasteiger partial charge in [0.05, 0.1) is 11.9 Å². The highest BCUT2D eigenvalue weighted by Crippen LogP contribution is 2.35. The van der Waals surface area contributed by atoms with Crippen molar-refractivity contribution in [3.63, 3.8) is 0 Å². The molecular formula is C15H19N3. The zero-order valence-corrected chi connectivity index (χ0v) is 10.9. The molecule has 3 heteroatoms. The molecule has 0 radical (unpaired) electrons. The minimum Gasteiger partial charge on any atom is -0.311 e. The van der Waals surface area contributed by atoms with Gasteiger partial charge in [-0.2, -0.15) is 5.10 Å². The smallest absolute Gasteiger partial charge is 0.0645 e. The molecule has 1 atom stereocenters. The number of nitrogens with one attached hydrogen (secondary N) is 1. The normalized spacial score (nSPS) is 22.2. The van der Waals surface area contributed by atoms with Crippen molar-refractivity contribution in [2.45, 2.75) is 31.7 Å². The predicted molar refractivity (Wildman–Crippen MR) is 73.0 cm³/mol. The maximum absolute atomic E-state index is 4.49. The molecule has 1 aliphatic heterocycles. The maximum atomic E-state index is 4.49. The van der Waals surface area contributed by atoms with Crippen LogP contribution < -0.4 is 5.32 Å². The van der Waals surface area contributed by atoms with Gasteiger partial charge in [-0.1, -0.05) is 18.2 Å². The van der Waals surface area contributed by atoms with E-state index in [-0.39, 0.29) is 5.54 Å². The Labute approximate surface area is 108 Å². The van der Waals surface area contributed by atoms with E-state index in [4.69, 9.17) is 0 Å². The molecule has 0 spiro atoms. The molecular weight excluding hydrogens is 222 g/mol. The van der Waals surface area contributed by atoms with Gasteiger partial charge in [0.2, 0.25) is 0 Å². The molecule has 0 saturated carbocycles. The SMILES string of the molecule is CC1(C)NCCC1c1cnn(-c2ccccc2)c1. The predicted octanol–water partition coefficient (Wildman–Crippen LogP) is 2.73. The first-order chi connectivity index (χ1) is 8.67. The van der Waals surface area contributed by atoms with E-state index in [9.17, 15) is 0 Å². The minimum atomic E-state index is 0.171. The van der Waals surface area contributed by atoms with Crippen LogP contribution in [0.25, 0.3) is 5.69 Å². The Hall–Kier alpha value is -1.61. The lowest BCUT2D eigenvalue weighted by molar-refractivity contribution is 0.411. The summed E-state index contributed by atoms with van der Waals surface area (Å²) in [4.78, 5) is 0. The molecule has 3 rings (SSSR count). The summed E-state index contributed by atoms with van der Waals surface area (Å²) in [5, 5.41) is 8.04. The van der Waals surface area contributed by atoms with E-state index in [1.807, 2.05) is 29.1 Å². The van der Waals surface area contributed by atoms with Gasteiger partial charge in [0, 0.05) is 17.7 Å². The summed E-state index contributed by atoms with van der Waals surface area (Å²) in [5.41, 5.74) is 2.62. The Morgan fingerprint density at radius 3 is 2.72 bits per heavy atom. The zero-order valence-electron chi connectivity index (χ0n) is 10.9. The van der Waals surface area contributed by atoms with Crippen molar-refractivity contribution in [3.05, 3.63) is 48.3 Å². The van der Waals surface area contributed by atoms with Gasteiger partial charge in [0.1, 0.15) is 0 Å². The average Bonchev–Trinajstić information content (AvgIpc) is 2.96. The first-order valence-corrected chi connectivity index (χ1v) is 6.52. The standard InChI is InChI=1S/C15H19N3/c1-15(2)14(8-9-16-15)12-10-17-18(11-12)13-6-4-3-5-7-13/h3-7,10-11,14,16H,8-9H2,1-2H3. The van der Waals surface area contributed by atoms with Gasteiger partial charge < -0.3 is 5.32 Å². The molecule has 1 aromatic carbocycles. The Balaban J connectivity index is 1.91. The molecule has 1 aliphatic rings. The summed E-state index contributed by atoms with van der Waals surface area (Å²) in [5.74, 6) is 0.551. The Morgan fingerprint density at radius 2 is 2.06 bits per heavy atom. The number of para-hydroxylation sites is 1. The minimum absolute atomic E-state index is 0.171. The van der Waals surface area contributed by atoms with Gasteiger partial charge in [-0.25, -0.2) is 4.68 Å². The monoisotopic (exact) mass is 241 g/mol. The summed E-state index contributed by atoms with van der Waals surface area (Å²) in [7, 11) is 0. The molecule has 2 aromatic rings. The van der Waals surface area contributed by atoms with Crippen molar-refractivity contribution in [1.29, 1.82) is 0 Å². The molecule has 1 aromatic heterocycles. The number of nitrogens with zero attached hydrogens (tertiary/aromatic N) is 2. The van der Waals surface area contributed by atoms with E-state index in [2.05, 4.69) is 42.6 Å². The Morgan fingerprint density at radius 1 is 1.28 bits per heavy atom. The highest BCUT2D eigenvalue weighted by Gasteiger charge is 2.35. The molecule has 1 N–H and O–H groups in total. The fourth-order valence-corrected chi connectivity index (χ4v) is 2.84. The van der Waals surface area contributed by atoms with E-state index >= 15 is 0 Å². The second-order valence-electron chi connectivity index (χ2n) is 5.54. The summed E-state index contributed by atoms with van der Waals surface area (Å²) >= 11 is 0. The first kappa shape index (κ1) is 11.5. The first-order valence-electron chi connectivity index (χ1n) is 6.52. The lowest BCUT2D eigenvalue weighted by atomic mass is 9.85. The van der Waals surface area contributed by atoms with E-state index in [0.717, 1.165) is 12.2 Å². The lowest BCUT2D eigenvalue weighted by Gasteiger charge is -2.26. The van der Waals surface area contributed by atoms with Crippen LogP contribution in [0.3, 0.4) is 0 Å². The number of benzene rings is 1. The largest absolute Gasteiger partial charge is 0.311 e. The average molecular weight is 241 g/mol. The van der Waals surface area contributed by atoms with Crippen LogP contribution in [-0.2, 0) is 0 Å². The van der Waals surface area contributed by atoms with Crippen molar-refractivity contribution in [2.24, 2.45) is 0 Å². The van der Waals surface area contributed by atoms with Crippen molar-refractivity contribution >= 4 is 0 Å². The summed E-state index contributed by atoms with van der Waals surface area (Å²) in [6, 6.07) is 10.3. The quantitative estimate of drug-likeness (QED) is 0.876. The van der Waals surface area contributed by atoms with Gasteiger partial charge in [0.15, 0.2) is 0 Å². The van der Waals surface area contributed by atoms with Gasteiger partial charge in [-0.3, -0.25) is 0 Å². The van der Waals surface area contributed by atoms with Gasteiger partial charge in [0.25, 0.3) is 0 Å². The van der Waals surface area contributed by atoms with Crippen molar-refractivity contribution in [2.75, 3.05) is 6.54 Å². The lowest BCUT2D eigenvalue weighted by Crippen LogP contribution is -2.36. The van der Waals surface area contributed by atoms with E-state index in [0.29, 0.717) is 5.92 Å². The molecule has 0 aliphatic carbocycles. The molecule has 1 saturated heterocycles. The molecule has 94 valence electrons. The van der Waals surface area contributed by atoms with Crippen LogP contribution in [0.4, 0.5) is 0 Å². The van der Waals surface area contributed by atoms with E-state index in [1.54, 1.807) is 0 Å². The number of hydrogen-bond acceptors (Lipinski definition) is 2. The summed E-state index contributed by atoms with van der Waals surface area (Å²) in [6.45, 7) is 5.63. The van der Waals surface area contributed by atoms with Gasteiger partial charge in [-0.15, -0.1) is 0 Å². The third-order valence-electron chi connectivity index (χ3n) is 3.91. The molecule has 1 fully saturated rings. The van der Waals surface area contributed by atoms with Gasteiger partial charge in [-0.05, 0) is 44.5 Å². The number of rotatable bonds is 2. The zero-order chi connectivity index (χ0) is 12.6. The fraction of sp³-hybridized carbons (Fsp3) is 0.400. The second-order valence-corrected chi connectivity index (χ2v) is 5.54. The number of hydrogen-bond donors (Lipinski definition) is 1. The van der Waals surface area contributed by atoms with Crippen LogP contribution in [0.15, 0.2) is 42.7 Å². The molecule has 1 unspecified atom stereocenters. The van der Waals surface area contributed by atoms with Crippen LogP contribution in [0.2, 0.25) is 0 Å². The molecule has 3 nitrogen and oxygen atoms in total. The maximum Gasteiger partial charge on any atom is 0.0645 e. The second kappa shape index (κ2) is 4.25. The molecule has 18 heavy (non-hydrogen) atoms. The van der Waals surface area contributed by atoms with Crippen LogP contribution >= 0.6 is 0 Å². The fourth-order valence-electron chi connectivity index (χ4n) is 2.84. The van der Waals surface area contributed by atoms with Gasteiger partial charge >= 0.3 is 0 Å². The number of aromatic nitrogens is 2. The van der Waals surface area contributed by atoms with Crippen molar-refractivity contribution in [1.82, 2.24) is 15.1 Å². The highest BCUT2D eigenvalue weighted by atomic mass is 15.3. The third-order valence-corrected chi connectivity index (χ3v) is 3.91. The van der Waals surface area contributed by atoms with Crippen molar-refractivity contribution in [3.8, 4) is 5.69 Å². The molecule has 0 bridgehead atoms. The van der Waals surface area contributed by atoms with E-state index < -0.39 is 0 Å². The third kappa shape index (κ3) is 1.95. The highest BCUT2D eigenvalue weighted by molar-refractivity contribution is 5.32. The molecule has 0 amide bonds. The van der Waals surface area contributed by atoms with Crippen LogP contribution in [0.5, 0.6) is 0 Å². The van der Waals surface area contributed by atoms with Crippen LogP contribution in [0.1, 0.15) is 31.7 Å². The van der Waals surface area contributed by atoms with Crippen molar-refractivity contribution < 1.29 is 0 Å². The molecule has 2 heterocycles. The van der Waals surface area contributed by atoms with Crippen LogP contribution in [-0.4, -0.2) is 21.9 Å². The Bertz CT molecular complexity index is 528. The summed E-state index contributed by atoms with van der Waals surface area (Å²) in [6.07, 6.45) is 5.36. The topological polar surface area (TPSA) is 29.9 Å².